The van der Waals surface area contributed by atoms with Crippen molar-refractivity contribution >= 4 is 52.7 Å². The number of allylic oxidation sites excluding steroid dienone is 1. The highest BCUT2D eigenvalue weighted by Gasteiger charge is 2.32. The van der Waals surface area contributed by atoms with Crippen molar-refractivity contribution in [2.75, 3.05) is 30.4 Å². The Labute approximate surface area is 284 Å². The molecule has 6 rings (SSSR count). The second kappa shape index (κ2) is 13.9. The lowest BCUT2D eigenvalue weighted by atomic mass is 9.89. The van der Waals surface area contributed by atoms with E-state index < -0.39 is 5.82 Å². The average molecular weight is 676 g/mol. The van der Waals surface area contributed by atoms with Crippen molar-refractivity contribution in [1.82, 2.24) is 20.9 Å². The first-order chi connectivity index (χ1) is 22.7. The van der Waals surface area contributed by atoms with Gasteiger partial charge in [-0.05, 0) is 80.9 Å². The van der Waals surface area contributed by atoms with E-state index >= 15 is 0 Å². The Morgan fingerprint density at radius 1 is 1.15 bits per heavy atom. The van der Waals surface area contributed by atoms with E-state index in [2.05, 4.69) is 82.5 Å². The molecule has 244 valence electrons. The minimum absolute atomic E-state index is 0.0426. The molecule has 0 unspecified atom stereocenters. The van der Waals surface area contributed by atoms with E-state index in [4.69, 9.17) is 27.9 Å². The highest BCUT2D eigenvalue weighted by molar-refractivity contribution is 6.34. The zero-order chi connectivity index (χ0) is 33.2. The van der Waals surface area contributed by atoms with Crippen molar-refractivity contribution < 1.29 is 9.13 Å². The van der Waals surface area contributed by atoms with E-state index in [1.54, 1.807) is 13.0 Å². The number of nitrogens with one attached hydrogen (secondary N) is 4. The lowest BCUT2D eigenvalue weighted by Gasteiger charge is -2.40. The van der Waals surface area contributed by atoms with E-state index in [1.165, 1.54) is 23.3 Å². The van der Waals surface area contributed by atoms with Crippen molar-refractivity contribution in [3.05, 3.63) is 104 Å². The van der Waals surface area contributed by atoms with Gasteiger partial charge < -0.3 is 20.8 Å². The van der Waals surface area contributed by atoms with E-state index in [-0.39, 0.29) is 17.1 Å². The van der Waals surface area contributed by atoms with Gasteiger partial charge in [0.2, 0.25) is 0 Å². The summed E-state index contributed by atoms with van der Waals surface area (Å²) in [5, 5.41) is 19.3. The molecular weight excluding hydrogens is 638 g/mol. The number of benzene rings is 3. The van der Waals surface area contributed by atoms with Crippen LogP contribution in [0.5, 0.6) is 0 Å². The normalized spacial score (nSPS) is 17.6. The molecule has 1 saturated heterocycles. The number of hydrogen-bond donors (Lipinski definition) is 4. The number of aliphatic imine (C=N–C) groups is 1. The summed E-state index contributed by atoms with van der Waals surface area (Å²) < 4.78 is 19.4. The second-order valence-corrected chi connectivity index (χ2v) is 13.0. The topological polar surface area (TPSA) is 100.0 Å². The fraction of sp³-hybridized carbons (Fsp3) is 0.314. The van der Waals surface area contributed by atoms with Crippen molar-refractivity contribution in [3.8, 4) is 6.07 Å². The van der Waals surface area contributed by atoms with Crippen LogP contribution in [0.2, 0.25) is 10.0 Å². The van der Waals surface area contributed by atoms with Crippen molar-refractivity contribution in [2.24, 2.45) is 4.99 Å². The smallest absolute Gasteiger partial charge is 0.141 e. The molecule has 0 amide bonds. The molecule has 0 saturated carbocycles. The van der Waals surface area contributed by atoms with Gasteiger partial charge in [0.15, 0.2) is 0 Å². The molecule has 3 aliphatic rings. The van der Waals surface area contributed by atoms with Gasteiger partial charge in [0.05, 0.1) is 64.1 Å². The second-order valence-electron chi connectivity index (χ2n) is 12.2. The summed E-state index contributed by atoms with van der Waals surface area (Å²) in [6.45, 7) is 13.1. The minimum Gasteiger partial charge on any atom is -0.378 e. The summed E-state index contributed by atoms with van der Waals surface area (Å²) >= 11 is 12.9. The molecule has 3 aromatic rings. The Hall–Kier alpha value is -4.11. The van der Waals surface area contributed by atoms with Crippen LogP contribution in [-0.4, -0.2) is 48.5 Å². The van der Waals surface area contributed by atoms with Gasteiger partial charge in [-0.3, -0.25) is 14.9 Å². The first-order valence-corrected chi connectivity index (χ1v) is 16.3. The Bertz CT molecular complexity index is 1800. The molecule has 0 radical (unpaired) electrons. The molecule has 3 aromatic carbocycles. The summed E-state index contributed by atoms with van der Waals surface area (Å²) in [4.78, 5) is 6.73. The maximum absolute atomic E-state index is 13.9. The lowest BCUT2D eigenvalue weighted by molar-refractivity contribution is -0.0695. The number of ether oxygens (including phenoxy) is 1. The first kappa shape index (κ1) is 32.8. The molecule has 0 aliphatic carbocycles. The highest BCUT2D eigenvalue weighted by Crippen LogP contribution is 2.41. The summed E-state index contributed by atoms with van der Waals surface area (Å²) in [7, 11) is 0. The molecule has 0 aromatic heterocycles. The Balaban J connectivity index is 1.41. The fourth-order valence-electron chi connectivity index (χ4n) is 6.11. The highest BCUT2D eigenvalue weighted by atomic mass is 35.5. The number of hydrogen-bond acceptors (Lipinski definition) is 9. The number of anilines is 2. The summed E-state index contributed by atoms with van der Waals surface area (Å²) in [6, 6.07) is 17.1. The predicted molar refractivity (Wildman–Crippen MR) is 187 cm³/mol. The van der Waals surface area contributed by atoms with Gasteiger partial charge >= 0.3 is 0 Å². The van der Waals surface area contributed by atoms with Gasteiger partial charge in [0.25, 0.3) is 0 Å². The van der Waals surface area contributed by atoms with Crippen LogP contribution in [0.1, 0.15) is 49.1 Å². The van der Waals surface area contributed by atoms with E-state index in [0.29, 0.717) is 45.0 Å². The number of nitriles is 1. The molecule has 3 heterocycles. The van der Waals surface area contributed by atoms with Gasteiger partial charge in [-0.15, -0.1) is 5.53 Å². The quantitative estimate of drug-likeness (QED) is 0.131. The minimum atomic E-state index is -0.540. The summed E-state index contributed by atoms with van der Waals surface area (Å²) in [6.07, 6.45) is 2.99. The van der Waals surface area contributed by atoms with Crippen LogP contribution in [0, 0.1) is 17.1 Å². The van der Waals surface area contributed by atoms with Crippen molar-refractivity contribution in [3.63, 3.8) is 0 Å². The van der Waals surface area contributed by atoms with Gasteiger partial charge in [0, 0.05) is 42.3 Å². The van der Waals surface area contributed by atoms with Crippen molar-refractivity contribution in [2.45, 2.75) is 51.9 Å². The van der Waals surface area contributed by atoms with Crippen molar-refractivity contribution in [1.29, 1.82) is 5.26 Å². The van der Waals surface area contributed by atoms with Crippen LogP contribution in [0.15, 0.2) is 71.0 Å². The van der Waals surface area contributed by atoms with Crippen LogP contribution >= 0.6 is 23.2 Å². The maximum atomic E-state index is 13.9. The molecule has 0 bridgehead atoms. The molecule has 4 N–H and O–H groups in total. The van der Waals surface area contributed by atoms with E-state index in [1.807, 2.05) is 17.1 Å². The zero-order valence-electron chi connectivity index (χ0n) is 26.5. The summed E-state index contributed by atoms with van der Waals surface area (Å²) in [5.41, 5.74) is 14.4. The predicted octanol–water partition coefficient (Wildman–Crippen LogP) is 7.32. The monoisotopic (exact) mass is 674 g/mol. The van der Waals surface area contributed by atoms with Crippen LogP contribution in [0.4, 0.5) is 21.5 Å². The van der Waals surface area contributed by atoms with Gasteiger partial charge in [0.1, 0.15) is 5.82 Å². The number of nitrogens with zero attached hydrogens (tertiary/aromatic N) is 4. The fourth-order valence-corrected chi connectivity index (χ4v) is 6.57. The van der Waals surface area contributed by atoms with E-state index in [0.717, 1.165) is 44.0 Å². The Kier molecular flexibility index (Phi) is 9.73. The molecule has 3 aliphatic heterocycles. The van der Waals surface area contributed by atoms with E-state index in [9.17, 15) is 9.65 Å². The molecule has 1 atom stereocenters. The molecular formula is C35H37Cl2FN8O. The standard InChI is InChI=1S/C35H37Cl2FN8O/c1-20(2)46-17-32(43-44-46)35(27-7-5-6-22-16-45(11-10-26(22)27)25-18-47-19-25)42-24-12-28(34(40-4)30(37)14-24)33(21(3)15-39)41-23-8-9-31(38)29(36)13-23/h5-9,12-14,17,20,25,35,41-44H,4,10-11,16,18-19H2,1-3H3/b33-21-/t35-/m0/s1. The van der Waals surface area contributed by atoms with Crippen LogP contribution in [0.3, 0.4) is 0 Å². The molecule has 1 fully saturated rings. The number of fused-ring (bicyclic) bond motifs is 1. The molecule has 9 nitrogen and oxygen atoms in total. The van der Waals surface area contributed by atoms with Crippen LogP contribution in [0.25, 0.3) is 5.70 Å². The van der Waals surface area contributed by atoms with Gasteiger partial charge in [-0.1, -0.05) is 41.4 Å². The number of hydrazine groups is 2. The Morgan fingerprint density at radius 3 is 2.60 bits per heavy atom. The Morgan fingerprint density at radius 2 is 1.94 bits per heavy atom. The molecule has 12 heteroatoms. The van der Waals surface area contributed by atoms with Gasteiger partial charge in [-0.25, -0.2) is 4.39 Å². The maximum Gasteiger partial charge on any atom is 0.141 e. The molecule has 0 spiro atoms. The average Bonchev–Trinajstić information content (AvgIpc) is 3.53. The SMILES string of the molecule is C=Nc1c(Cl)cc(N[C@H](C2=CN(C(C)C)NN2)c2cccc3c2CCN(C2COC2)C3)cc1/C(Nc1ccc(F)c(Cl)c1)=C(\C)C#N. The lowest BCUT2D eigenvalue weighted by Crippen LogP contribution is -2.50. The van der Waals surface area contributed by atoms with Gasteiger partial charge in [-0.2, -0.15) is 5.26 Å². The van der Waals surface area contributed by atoms with Crippen LogP contribution in [-0.2, 0) is 17.7 Å². The largest absolute Gasteiger partial charge is 0.378 e. The van der Waals surface area contributed by atoms with Crippen LogP contribution < -0.4 is 21.6 Å². The molecule has 47 heavy (non-hydrogen) atoms. The number of rotatable bonds is 10. The third kappa shape index (κ3) is 6.82. The zero-order valence-corrected chi connectivity index (χ0v) is 28.0. The summed E-state index contributed by atoms with van der Waals surface area (Å²) in [5.74, 6) is -0.540. The third-order valence-electron chi connectivity index (χ3n) is 8.79. The number of halogens is 3. The first-order valence-electron chi connectivity index (χ1n) is 15.5. The third-order valence-corrected chi connectivity index (χ3v) is 9.37.